The van der Waals surface area contributed by atoms with Crippen LogP contribution in [-0.4, -0.2) is 25.8 Å². The Balaban J connectivity index is 0.000000125. The molecule has 4 aliphatic rings. The van der Waals surface area contributed by atoms with Gasteiger partial charge in [0.2, 0.25) is 0 Å². The second-order valence-corrected chi connectivity index (χ2v) is 37.9. The summed E-state index contributed by atoms with van der Waals surface area (Å²) in [5.74, 6) is 2.03. The molecule has 140 heavy (non-hydrogen) atoms. The van der Waals surface area contributed by atoms with Gasteiger partial charge in [-0.3, -0.25) is 4.79 Å². The Hall–Kier alpha value is -14.6. The Morgan fingerprint density at radius 2 is 0.593 bits per heavy atom. The number of benzene rings is 22. The zero-order valence-corrected chi connectivity index (χ0v) is 82.4. The van der Waals surface area contributed by atoms with Gasteiger partial charge in [-0.1, -0.05) is 492 Å². The number of hydrogen-bond donors (Lipinski definition) is 1. The fourth-order valence-electron chi connectivity index (χ4n) is 21.6. The normalized spacial score (nSPS) is 13.8. The van der Waals surface area contributed by atoms with Crippen LogP contribution < -0.4 is 18.9 Å². The average molecular weight is 2010 g/mol. The van der Waals surface area contributed by atoms with Crippen LogP contribution in [0.5, 0.6) is 0 Å². The van der Waals surface area contributed by atoms with E-state index in [9.17, 15) is 9.90 Å². The van der Waals surface area contributed by atoms with E-state index in [1.54, 1.807) is 0 Å². The molecule has 664 valence electrons. The zero-order valence-electron chi connectivity index (χ0n) is 76.8. The first-order valence-corrected chi connectivity index (χ1v) is 49.2. The number of rotatable bonds is 9. The zero-order chi connectivity index (χ0) is 93.1. The van der Waals surface area contributed by atoms with Gasteiger partial charge in [0.05, 0.1) is 5.41 Å². The van der Waals surface area contributed by atoms with Crippen molar-refractivity contribution < 1.29 is 28.8 Å². The molecule has 27 rings (SSSR count). The van der Waals surface area contributed by atoms with E-state index >= 15 is 0 Å². The molecule has 0 aliphatic heterocycles. The van der Waals surface area contributed by atoms with E-state index < -0.39 is 11.0 Å². The average Bonchev–Trinajstić information content (AvgIpc) is 1.49. The maximum Gasteiger partial charge on any atom is 1.00 e. The van der Waals surface area contributed by atoms with E-state index in [4.69, 9.17) is 15.0 Å². The third-order valence-electron chi connectivity index (χ3n) is 27.7. The molecule has 0 saturated carbocycles. The molecule has 0 fully saturated rings. The van der Waals surface area contributed by atoms with E-state index in [0.717, 1.165) is 120 Å². The number of aromatic nitrogens is 3. The van der Waals surface area contributed by atoms with Crippen molar-refractivity contribution in [2.75, 3.05) is 0 Å². The summed E-state index contributed by atoms with van der Waals surface area (Å²) in [6.45, 7) is 5.72. The van der Waals surface area contributed by atoms with Crippen molar-refractivity contribution in [1.29, 1.82) is 0 Å². The Morgan fingerprint density at radius 3 is 1.18 bits per heavy atom. The van der Waals surface area contributed by atoms with Gasteiger partial charge in [-0.2, -0.15) is 6.42 Å². The molecule has 1 aromatic heterocycles. The monoisotopic (exact) mass is 2000 g/mol. The van der Waals surface area contributed by atoms with Gasteiger partial charge in [-0.05, 0) is 201 Å². The van der Waals surface area contributed by atoms with E-state index in [1.807, 2.05) is 78.9 Å². The molecule has 23 aromatic rings. The largest absolute Gasteiger partial charge is 1.00 e. The van der Waals surface area contributed by atoms with Gasteiger partial charge < -0.3 is 12.0 Å². The van der Waals surface area contributed by atoms with Crippen LogP contribution in [0, 0.1) is 6.92 Å². The number of unbranched alkanes of at least 4 members (excludes halogenated alkanes) is 1. The summed E-state index contributed by atoms with van der Waals surface area (Å²) in [6.07, 6.45) is 2.28. The molecule has 10 heteroatoms. The Morgan fingerprint density at radius 1 is 0.250 bits per heavy atom. The maximum absolute atomic E-state index is 12.7. The first-order valence-electron chi connectivity index (χ1n) is 46.8. The van der Waals surface area contributed by atoms with E-state index in [0.29, 0.717) is 17.5 Å². The summed E-state index contributed by atoms with van der Waals surface area (Å²) < 4.78 is 3.11. The number of carbonyl (C=O) groups is 1. The Labute approximate surface area is 858 Å². The SMILES string of the molecule is Brc1ccccc1-c1cc2ccccc2c2ccccc12.Cl.O=C1c2ccccc2-c2c(Br)cccc21.OC1(c2ccccc2-c2cc3ccccc3c3ccccc23)c2ccccc2-c2c(Br)cccc21.[CH2-]CCC.[Li+].c1ccc(-c2ccc(-c3nc(-c4cccc(-c5ccccc5)c4)nc(-c4cccc5c4-c4ccccc4C54c5ccccc5-c5c4c4ccccc4c4ccccc54)n3)cc2)cc1. The smallest absolute Gasteiger partial charge is 0.376 e. The van der Waals surface area contributed by atoms with Gasteiger partial charge in [0.25, 0.3) is 0 Å². The van der Waals surface area contributed by atoms with Crippen molar-refractivity contribution in [3.05, 3.63) is 538 Å². The first kappa shape index (κ1) is 91.8. The minimum atomic E-state index is -1.26. The number of ketones is 1. The first-order chi connectivity index (χ1) is 68.0. The van der Waals surface area contributed by atoms with Crippen LogP contribution in [0.25, 0.3) is 188 Å². The molecule has 22 aromatic carbocycles. The molecule has 1 heterocycles. The molecular formula is C130H88Br3ClLiN3O2. The molecule has 1 N–H and O–H groups in total. The maximum atomic E-state index is 12.7. The second kappa shape index (κ2) is 39.0. The van der Waals surface area contributed by atoms with Crippen molar-refractivity contribution in [3.8, 4) is 123 Å². The number of aliphatic hydroxyl groups is 1. The van der Waals surface area contributed by atoms with Gasteiger partial charge in [-0.25, -0.2) is 15.0 Å². The van der Waals surface area contributed by atoms with Crippen molar-refractivity contribution in [1.82, 2.24) is 15.0 Å². The fourth-order valence-corrected chi connectivity index (χ4v) is 23.2. The summed E-state index contributed by atoms with van der Waals surface area (Å²) in [7, 11) is 0. The third kappa shape index (κ3) is 15.8. The Kier molecular flexibility index (Phi) is 25.5. The van der Waals surface area contributed by atoms with Crippen molar-refractivity contribution in [3.63, 3.8) is 0 Å². The molecule has 0 bridgehead atoms. The molecule has 2 atom stereocenters. The summed E-state index contributed by atoms with van der Waals surface area (Å²) in [6, 6.07) is 164. The van der Waals surface area contributed by atoms with Crippen molar-refractivity contribution in [2.24, 2.45) is 0 Å². The van der Waals surface area contributed by atoms with E-state index in [-0.39, 0.29) is 37.1 Å². The second-order valence-electron chi connectivity index (χ2n) is 35.3. The van der Waals surface area contributed by atoms with Crippen LogP contribution in [-0.2, 0) is 11.0 Å². The molecule has 0 amide bonds. The number of fused-ring (bicyclic) bond motifs is 27. The van der Waals surface area contributed by atoms with Gasteiger partial charge in [-0.15, -0.1) is 12.4 Å². The Bertz CT molecular complexity index is 8790. The van der Waals surface area contributed by atoms with Crippen LogP contribution >= 0.6 is 60.2 Å². The van der Waals surface area contributed by atoms with Crippen LogP contribution in [0.3, 0.4) is 0 Å². The van der Waals surface area contributed by atoms with Crippen molar-refractivity contribution in [2.45, 2.75) is 30.8 Å². The van der Waals surface area contributed by atoms with Crippen LogP contribution in [0.1, 0.15) is 74.6 Å². The molecule has 5 nitrogen and oxygen atoms in total. The standard InChI is InChI=1S/C60H37N3.C33H21BrO.C20H13Br.C13H7BrO.C4H9.ClH.Li/c1-3-17-38(18-4-1)40-33-35-41(36-34-40)57-61-58(43-22-15-21-42(37-43)39-19-5-2-6-20-39)63-59(62-57)50-29-16-32-53-54(50)48-27-11-13-30-51(48)60(53)52-31-14-12-28-49(52)55-46-25-9-7-23-44(46)45-24-8-10-26-47(45)56(55)60;34-31-19-9-18-30-32(31)26-15-6-8-17-29(26)33(30,35)28-16-7-5-14-25(28)27-20-21-10-1-2-11-22(21)23-12-3-4-13-24(23)27;21-20-12-6-5-11-18(20)19-13-14-7-1-2-8-15(14)16-9-3-4-10-17(16)19;14-11-7-3-6-10-12(11)8-4-1-2-5-9(8)13(10)15;1-3-4-2;;/h1-37H;1-20,35H;1-13H;1-7H;1,3-4H2,2H3;1H;/q;;;;-1;;+1. The molecule has 2 unspecified atom stereocenters. The van der Waals surface area contributed by atoms with Crippen LogP contribution in [0.15, 0.2) is 481 Å². The van der Waals surface area contributed by atoms with Crippen LogP contribution in [0.2, 0.25) is 0 Å². The van der Waals surface area contributed by atoms with Gasteiger partial charge in [0.1, 0.15) is 5.60 Å². The summed E-state index contributed by atoms with van der Waals surface area (Å²) in [5.41, 5.74) is 28.9. The summed E-state index contributed by atoms with van der Waals surface area (Å²) in [4.78, 5) is 28.1. The number of nitrogens with zero attached hydrogens (tertiary/aromatic N) is 3. The number of hydrogen-bond acceptors (Lipinski definition) is 5. The predicted octanol–water partition coefficient (Wildman–Crippen LogP) is 32.7. The number of carbonyl (C=O) groups excluding carboxylic acids is 1. The van der Waals surface area contributed by atoms with E-state index in [1.165, 1.54) is 127 Å². The quantitative estimate of drug-likeness (QED) is 0.0885. The summed E-state index contributed by atoms with van der Waals surface area (Å²) >= 11 is 10.9. The molecule has 1 spiro atoms. The topological polar surface area (TPSA) is 76.0 Å². The third-order valence-corrected chi connectivity index (χ3v) is 29.7. The minimum Gasteiger partial charge on any atom is -0.376 e. The van der Waals surface area contributed by atoms with Crippen molar-refractivity contribution >= 4 is 131 Å². The summed E-state index contributed by atoms with van der Waals surface area (Å²) in [5, 5.41) is 27.8. The van der Waals surface area contributed by atoms with Crippen LogP contribution in [0.4, 0.5) is 0 Å². The van der Waals surface area contributed by atoms with Gasteiger partial charge in [0.15, 0.2) is 23.3 Å². The molecule has 4 aliphatic carbocycles. The minimum absolute atomic E-state index is 0. The van der Waals surface area contributed by atoms with Gasteiger partial charge in [0, 0.05) is 69.1 Å². The molecular weight excluding hydrogens is 1920 g/mol. The van der Waals surface area contributed by atoms with Gasteiger partial charge >= 0.3 is 18.9 Å². The van der Waals surface area contributed by atoms with E-state index in [2.05, 4.69) is 450 Å². The molecule has 0 radical (unpaired) electrons. The molecule has 0 saturated heterocycles. The predicted molar refractivity (Wildman–Crippen MR) is 592 cm³/mol. The number of halogens is 4. The fraction of sp³-hybridized carbons (Fsp3) is 0.0385.